The molecule has 6 heteroatoms. The predicted molar refractivity (Wildman–Crippen MR) is 76.5 cm³/mol. The molecule has 2 aliphatic rings. The number of piperidine rings is 1. The zero-order chi connectivity index (χ0) is 15.6. The lowest BCUT2D eigenvalue weighted by atomic mass is 9.95. The molecule has 1 unspecified atom stereocenters. The van der Waals surface area contributed by atoms with Gasteiger partial charge < -0.3 is 14.9 Å². The molecular formula is C15H24N2O4. The standard InChI is InChI=1S/C15H24N2O4/c1-10(2)14(20)16-7-3-4-11(8-16)15(21)17(9-13(18)19)12-5-6-12/h10-12H,3-9H2,1-2H3,(H,18,19). The number of carbonyl (C=O) groups excluding carboxylic acids is 2. The van der Waals surface area contributed by atoms with Crippen molar-refractivity contribution in [2.45, 2.75) is 45.6 Å². The van der Waals surface area contributed by atoms with Crippen LogP contribution in [-0.4, -0.2) is 58.4 Å². The van der Waals surface area contributed by atoms with Crippen LogP contribution in [0.25, 0.3) is 0 Å². The number of carbonyl (C=O) groups is 3. The van der Waals surface area contributed by atoms with E-state index in [4.69, 9.17) is 5.11 Å². The SMILES string of the molecule is CC(C)C(=O)N1CCCC(C(=O)N(CC(=O)O)C2CC2)C1. The normalized spacial score (nSPS) is 22.2. The Hall–Kier alpha value is -1.59. The number of likely N-dealkylation sites (tertiary alicyclic amines) is 1. The van der Waals surface area contributed by atoms with E-state index >= 15 is 0 Å². The summed E-state index contributed by atoms with van der Waals surface area (Å²) >= 11 is 0. The maximum Gasteiger partial charge on any atom is 0.323 e. The fourth-order valence-corrected chi connectivity index (χ4v) is 2.90. The van der Waals surface area contributed by atoms with Crippen molar-refractivity contribution >= 4 is 17.8 Å². The fraction of sp³-hybridized carbons (Fsp3) is 0.800. The molecule has 1 N–H and O–H groups in total. The lowest BCUT2D eigenvalue weighted by Gasteiger charge is -2.35. The molecule has 0 aromatic rings. The zero-order valence-electron chi connectivity index (χ0n) is 12.7. The van der Waals surface area contributed by atoms with Gasteiger partial charge in [-0.2, -0.15) is 0 Å². The first-order valence-electron chi connectivity index (χ1n) is 7.71. The minimum atomic E-state index is -0.971. The van der Waals surface area contributed by atoms with Gasteiger partial charge in [-0.3, -0.25) is 14.4 Å². The molecule has 1 aliphatic heterocycles. The fourth-order valence-electron chi connectivity index (χ4n) is 2.90. The lowest BCUT2D eigenvalue weighted by molar-refractivity contribution is -0.149. The summed E-state index contributed by atoms with van der Waals surface area (Å²) in [5, 5.41) is 8.96. The maximum atomic E-state index is 12.6. The number of carboxylic acid groups (broad SMARTS) is 1. The Bertz CT molecular complexity index is 431. The third kappa shape index (κ3) is 3.95. The summed E-state index contributed by atoms with van der Waals surface area (Å²) in [5.74, 6) is -1.31. The molecule has 0 radical (unpaired) electrons. The van der Waals surface area contributed by atoms with E-state index in [0.717, 1.165) is 25.7 Å². The average Bonchev–Trinajstić information content (AvgIpc) is 3.27. The van der Waals surface area contributed by atoms with E-state index in [1.165, 1.54) is 4.90 Å². The van der Waals surface area contributed by atoms with Crippen molar-refractivity contribution in [3.63, 3.8) is 0 Å². The molecule has 118 valence electrons. The Morgan fingerprint density at radius 1 is 1.24 bits per heavy atom. The molecular weight excluding hydrogens is 272 g/mol. The number of carboxylic acids is 1. The highest BCUT2D eigenvalue weighted by molar-refractivity contribution is 5.85. The van der Waals surface area contributed by atoms with Gasteiger partial charge in [0.25, 0.3) is 0 Å². The molecule has 2 fully saturated rings. The summed E-state index contributed by atoms with van der Waals surface area (Å²) in [5.41, 5.74) is 0. The molecule has 2 rings (SSSR count). The third-order valence-electron chi connectivity index (χ3n) is 4.15. The molecule has 2 amide bonds. The van der Waals surface area contributed by atoms with Gasteiger partial charge in [-0.15, -0.1) is 0 Å². The average molecular weight is 296 g/mol. The van der Waals surface area contributed by atoms with Crippen LogP contribution in [0.4, 0.5) is 0 Å². The summed E-state index contributed by atoms with van der Waals surface area (Å²) in [4.78, 5) is 38.8. The molecule has 0 bridgehead atoms. The van der Waals surface area contributed by atoms with Gasteiger partial charge in [-0.1, -0.05) is 13.8 Å². The number of hydrogen-bond donors (Lipinski definition) is 1. The first-order valence-corrected chi connectivity index (χ1v) is 7.71. The topological polar surface area (TPSA) is 77.9 Å². The van der Waals surface area contributed by atoms with Crippen molar-refractivity contribution in [2.75, 3.05) is 19.6 Å². The van der Waals surface area contributed by atoms with Crippen LogP contribution in [-0.2, 0) is 14.4 Å². The van der Waals surface area contributed by atoms with Crippen LogP contribution in [0.2, 0.25) is 0 Å². The quantitative estimate of drug-likeness (QED) is 0.819. The predicted octanol–water partition coefficient (Wildman–Crippen LogP) is 0.957. The number of hydrogen-bond acceptors (Lipinski definition) is 3. The van der Waals surface area contributed by atoms with E-state index in [1.54, 1.807) is 4.90 Å². The van der Waals surface area contributed by atoms with E-state index in [-0.39, 0.29) is 36.2 Å². The highest BCUT2D eigenvalue weighted by Gasteiger charge is 2.38. The van der Waals surface area contributed by atoms with E-state index in [1.807, 2.05) is 13.8 Å². The van der Waals surface area contributed by atoms with Gasteiger partial charge in [0.15, 0.2) is 0 Å². The lowest BCUT2D eigenvalue weighted by Crippen LogP contribution is -2.49. The summed E-state index contributed by atoms with van der Waals surface area (Å²) in [6.07, 6.45) is 3.32. The second-order valence-electron chi connectivity index (χ2n) is 6.37. The Kier molecular flexibility index (Phi) is 4.85. The molecule has 1 aliphatic carbocycles. The van der Waals surface area contributed by atoms with Crippen LogP contribution in [0, 0.1) is 11.8 Å². The Balaban J connectivity index is 2.00. The third-order valence-corrected chi connectivity index (χ3v) is 4.15. The van der Waals surface area contributed by atoms with Gasteiger partial charge in [0.05, 0.1) is 5.92 Å². The summed E-state index contributed by atoms with van der Waals surface area (Å²) in [6, 6.07) is 0.0878. The van der Waals surface area contributed by atoms with Gasteiger partial charge in [0.2, 0.25) is 11.8 Å². The molecule has 1 saturated carbocycles. The molecule has 1 saturated heterocycles. The smallest absolute Gasteiger partial charge is 0.323 e. The van der Waals surface area contributed by atoms with Crippen molar-refractivity contribution in [1.29, 1.82) is 0 Å². The van der Waals surface area contributed by atoms with E-state index in [0.29, 0.717) is 13.1 Å². The van der Waals surface area contributed by atoms with E-state index in [2.05, 4.69) is 0 Å². The van der Waals surface area contributed by atoms with Crippen LogP contribution >= 0.6 is 0 Å². The van der Waals surface area contributed by atoms with Crippen molar-refractivity contribution in [3.8, 4) is 0 Å². The van der Waals surface area contributed by atoms with Crippen molar-refractivity contribution < 1.29 is 19.5 Å². The van der Waals surface area contributed by atoms with Gasteiger partial charge in [-0.25, -0.2) is 0 Å². The first kappa shape index (κ1) is 15.8. The Labute approximate surface area is 125 Å². The molecule has 0 spiro atoms. The van der Waals surface area contributed by atoms with Crippen molar-refractivity contribution in [2.24, 2.45) is 11.8 Å². The number of aliphatic carboxylic acids is 1. The molecule has 1 atom stereocenters. The summed E-state index contributed by atoms with van der Waals surface area (Å²) < 4.78 is 0. The van der Waals surface area contributed by atoms with Crippen molar-refractivity contribution in [1.82, 2.24) is 9.80 Å². The number of nitrogens with zero attached hydrogens (tertiary/aromatic N) is 2. The van der Waals surface area contributed by atoms with Gasteiger partial charge in [-0.05, 0) is 25.7 Å². The highest BCUT2D eigenvalue weighted by Crippen LogP contribution is 2.30. The monoisotopic (exact) mass is 296 g/mol. The molecule has 0 aromatic heterocycles. The van der Waals surface area contributed by atoms with Crippen molar-refractivity contribution in [3.05, 3.63) is 0 Å². The minimum Gasteiger partial charge on any atom is -0.480 e. The molecule has 0 aromatic carbocycles. The molecule has 21 heavy (non-hydrogen) atoms. The Morgan fingerprint density at radius 3 is 2.43 bits per heavy atom. The van der Waals surface area contributed by atoms with E-state index < -0.39 is 5.97 Å². The van der Waals surface area contributed by atoms with Crippen LogP contribution in [0.15, 0.2) is 0 Å². The van der Waals surface area contributed by atoms with Gasteiger partial charge in [0, 0.05) is 25.0 Å². The summed E-state index contributed by atoms with van der Waals surface area (Å²) in [7, 11) is 0. The van der Waals surface area contributed by atoms with Gasteiger partial charge in [0.1, 0.15) is 6.54 Å². The van der Waals surface area contributed by atoms with Crippen LogP contribution in [0.5, 0.6) is 0 Å². The molecule has 6 nitrogen and oxygen atoms in total. The molecule has 1 heterocycles. The van der Waals surface area contributed by atoms with Crippen LogP contribution in [0.3, 0.4) is 0 Å². The largest absolute Gasteiger partial charge is 0.480 e. The highest BCUT2D eigenvalue weighted by atomic mass is 16.4. The summed E-state index contributed by atoms with van der Waals surface area (Å²) in [6.45, 7) is 4.61. The number of rotatable bonds is 5. The zero-order valence-corrected chi connectivity index (χ0v) is 12.7. The second-order valence-corrected chi connectivity index (χ2v) is 6.37. The van der Waals surface area contributed by atoms with Crippen LogP contribution in [0.1, 0.15) is 39.5 Å². The van der Waals surface area contributed by atoms with Crippen LogP contribution < -0.4 is 0 Å². The maximum absolute atomic E-state index is 12.6. The van der Waals surface area contributed by atoms with E-state index in [9.17, 15) is 14.4 Å². The second kappa shape index (κ2) is 6.45. The Morgan fingerprint density at radius 2 is 1.90 bits per heavy atom. The number of amides is 2. The van der Waals surface area contributed by atoms with Gasteiger partial charge >= 0.3 is 5.97 Å². The first-order chi connectivity index (χ1) is 9.90. The minimum absolute atomic E-state index is 0.0718.